The average molecular weight is 306 g/mol. The van der Waals surface area contributed by atoms with Crippen molar-refractivity contribution < 1.29 is 4.74 Å². The van der Waals surface area contributed by atoms with Gasteiger partial charge in [0, 0.05) is 11.8 Å². The van der Waals surface area contributed by atoms with Crippen LogP contribution >= 0.6 is 11.8 Å². The Balaban J connectivity index is 1.72. The third-order valence-corrected chi connectivity index (χ3v) is 4.53. The highest BCUT2D eigenvalue weighted by Gasteiger charge is 2.24. The maximum atomic E-state index is 5.25. The molecule has 1 aromatic carbocycles. The third-order valence-electron chi connectivity index (χ3n) is 3.38. The fourth-order valence-electron chi connectivity index (χ4n) is 2.45. The molecule has 1 atom stereocenters. The fraction of sp³-hybridized carbons (Fsp3) is 0.588. The van der Waals surface area contributed by atoms with Crippen LogP contribution in [0.2, 0.25) is 0 Å². The van der Waals surface area contributed by atoms with Crippen molar-refractivity contribution in [2.24, 2.45) is 10.4 Å². The minimum Gasteiger partial charge on any atom is -0.497 e. The van der Waals surface area contributed by atoms with Crippen LogP contribution in [0.5, 0.6) is 5.75 Å². The van der Waals surface area contributed by atoms with Gasteiger partial charge in [0.25, 0.3) is 0 Å². The summed E-state index contributed by atoms with van der Waals surface area (Å²) >= 11 is 1.89. The predicted molar refractivity (Wildman–Crippen MR) is 92.5 cm³/mol. The van der Waals surface area contributed by atoms with Gasteiger partial charge in [0.05, 0.1) is 13.7 Å². The zero-order valence-corrected chi connectivity index (χ0v) is 14.3. The molecule has 0 amide bonds. The van der Waals surface area contributed by atoms with Gasteiger partial charge in [-0.1, -0.05) is 44.7 Å². The number of amidine groups is 1. The van der Waals surface area contributed by atoms with E-state index in [2.05, 4.69) is 43.2 Å². The fourth-order valence-corrected chi connectivity index (χ4v) is 3.83. The molecule has 0 bridgehead atoms. The van der Waals surface area contributed by atoms with Crippen LogP contribution in [0, 0.1) is 5.41 Å². The van der Waals surface area contributed by atoms with Crippen molar-refractivity contribution in [1.82, 2.24) is 5.32 Å². The Labute approximate surface area is 132 Å². The van der Waals surface area contributed by atoms with Crippen LogP contribution in [0.4, 0.5) is 0 Å². The van der Waals surface area contributed by atoms with E-state index in [9.17, 15) is 0 Å². The molecule has 0 fully saturated rings. The highest BCUT2D eigenvalue weighted by Crippen LogP contribution is 2.31. The first-order valence-electron chi connectivity index (χ1n) is 7.54. The molecule has 0 saturated carbocycles. The normalized spacial score (nSPS) is 18.5. The van der Waals surface area contributed by atoms with E-state index >= 15 is 0 Å². The molecule has 3 nitrogen and oxygen atoms in total. The molecule has 1 heterocycles. The second-order valence-corrected chi connectivity index (χ2v) is 7.97. The molecule has 1 aliphatic rings. The van der Waals surface area contributed by atoms with Crippen LogP contribution < -0.4 is 10.1 Å². The molecule has 0 aliphatic carbocycles. The molecule has 1 N–H and O–H groups in total. The Morgan fingerprint density at radius 3 is 2.90 bits per heavy atom. The first-order chi connectivity index (χ1) is 9.96. The number of ether oxygens (including phenoxy) is 1. The molecule has 2 rings (SSSR count). The molecule has 0 spiro atoms. The highest BCUT2D eigenvalue weighted by molar-refractivity contribution is 8.14. The van der Waals surface area contributed by atoms with Crippen molar-refractivity contribution in [2.75, 3.05) is 20.2 Å². The van der Waals surface area contributed by atoms with Crippen LogP contribution in [0.25, 0.3) is 0 Å². The lowest BCUT2D eigenvalue weighted by atomic mass is 9.90. The van der Waals surface area contributed by atoms with Crippen LogP contribution in [0.1, 0.15) is 32.8 Å². The van der Waals surface area contributed by atoms with Gasteiger partial charge in [-0.2, -0.15) is 0 Å². The molecular weight excluding hydrogens is 280 g/mol. The van der Waals surface area contributed by atoms with Gasteiger partial charge >= 0.3 is 0 Å². The molecule has 1 aliphatic heterocycles. The molecule has 1 unspecified atom stereocenters. The van der Waals surface area contributed by atoms with Crippen molar-refractivity contribution in [2.45, 2.75) is 38.9 Å². The number of hydrogen-bond donors (Lipinski definition) is 1. The monoisotopic (exact) mass is 306 g/mol. The molecule has 116 valence electrons. The lowest BCUT2D eigenvalue weighted by Crippen LogP contribution is -2.23. The zero-order valence-electron chi connectivity index (χ0n) is 13.5. The Bertz CT molecular complexity index is 494. The highest BCUT2D eigenvalue weighted by atomic mass is 32.2. The summed E-state index contributed by atoms with van der Waals surface area (Å²) in [5, 5.41) is 5.19. The number of methoxy groups -OCH3 is 1. The number of nitrogens with zero attached hydrogens (tertiary/aromatic N) is 1. The van der Waals surface area contributed by atoms with Gasteiger partial charge < -0.3 is 10.1 Å². The number of benzene rings is 1. The lowest BCUT2D eigenvalue weighted by Gasteiger charge is -2.21. The zero-order chi connectivity index (χ0) is 15.3. The Morgan fingerprint density at radius 2 is 2.19 bits per heavy atom. The standard InChI is InChI=1S/C17H26N2OS/c1-17(2,3)11-15-12-19-16(21-15)18-9-8-13-6-5-7-14(10-13)20-4/h5-7,10,15H,8-9,11-12H2,1-4H3,(H,18,19). The summed E-state index contributed by atoms with van der Waals surface area (Å²) < 4.78 is 5.25. The molecule has 0 aromatic heterocycles. The van der Waals surface area contributed by atoms with Crippen molar-refractivity contribution in [1.29, 1.82) is 0 Å². The third kappa shape index (κ3) is 5.62. The predicted octanol–water partition coefficient (Wildman–Crippen LogP) is 3.73. The first kappa shape index (κ1) is 16.2. The molecule has 1 aromatic rings. The number of thioether (sulfide) groups is 1. The molecule has 21 heavy (non-hydrogen) atoms. The van der Waals surface area contributed by atoms with Crippen LogP contribution in [0.15, 0.2) is 29.3 Å². The number of aliphatic imine (C=N–C) groups is 1. The summed E-state index contributed by atoms with van der Waals surface area (Å²) in [7, 11) is 1.70. The van der Waals surface area contributed by atoms with Gasteiger partial charge in [0.1, 0.15) is 5.75 Å². The summed E-state index contributed by atoms with van der Waals surface area (Å²) in [6.07, 6.45) is 2.20. The van der Waals surface area contributed by atoms with Crippen LogP contribution in [-0.2, 0) is 6.42 Å². The topological polar surface area (TPSA) is 33.6 Å². The second-order valence-electron chi connectivity index (χ2n) is 6.68. The van der Waals surface area contributed by atoms with Gasteiger partial charge in [0.2, 0.25) is 0 Å². The Hall–Kier alpha value is -1.16. The molecule has 0 radical (unpaired) electrons. The Kier molecular flexibility index (Phi) is 5.57. The summed E-state index contributed by atoms with van der Waals surface area (Å²) in [5.41, 5.74) is 1.67. The molecule has 4 heteroatoms. The van der Waals surface area contributed by atoms with Crippen molar-refractivity contribution >= 4 is 16.9 Å². The summed E-state index contributed by atoms with van der Waals surface area (Å²) in [4.78, 5) is 4.61. The van der Waals surface area contributed by atoms with E-state index in [0.717, 1.165) is 30.4 Å². The largest absolute Gasteiger partial charge is 0.497 e. The summed E-state index contributed by atoms with van der Waals surface area (Å²) in [6, 6.07) is 8.24. The van der Waals surface area contributed by atoms with Crippen molar-refractivity contribution in [3.8, 4) is 5.75 Å². The van der Waals surface area contributed by atoms with Crippen molar-refractivity contribution in [3.05, 3.63) is 29.8 Å². The van der Waals surface area contributed by atoms with E-state index in [1.54, 1.807) is 7.11 Å². The maximum Gasteiger partial charge on any atom is 0.156 e. The number of rotatable bonds is 5. The second kappa shape index (κ2) is 7.21. The van der Waals surface area contributed by atoms with Gasteiger partial charge in [-0.3, -0.25) is 4.99 Å². The van der Waals surface area contributed by atoms with E-state index in [-0.39, 0.29) is 0 Å². The maximum absolute atomic E-state index is 5.25. The van der Waals surface area contributed by atoms with E-state index in [0.29, 0.717) is 10.7 Å². The van der Waals surface area contributed by atoms with Crippen LogP contribution in [0.3, 0.4) is 0 Å². The summed E-state index contributed by atoms with van der Waals surface area (Å²) in [6.45, 7) is 8.75. The first-order valence-corrected chi connectivity index (χ1v) is 8.42. The van der Waals surface area contributed by atoms with Crippen LogP contribution in [-0.4, -0.2) is 30.6 Å². The lowest BCUT2D eigenvalue weighted by molar-refractivity contribution is 0.375. The average Bonchev–Trinajstić information content (AvgIpc) is 2.84. The van der Waals surface area contributed by atoms with Crippen molar-refractivity contribution in [3.63, 3.8) is 0 Å². The van der Waals surface area contributed by atoms with Gasteiger partial charge in [0.15, 0.2) is 5.17 Å². The van der Waals surface area contributed by atoms with Gasteiger partial charge in [-0.15, -0.1) is 0 Å². The Morgan fingerprint density at radius 1 is 1.38 bits per heavy atom. The smallest absolute Gasteiger partial charge is 0.156 e. The number of hydrogen-bond acceptors (Lipinski definition) is 4. The van der Waals surface area contributed by atoms with Gasteiger partial charge in [-0.25, -0.2) is 0 Å². The number of nitrogens with one attached hydrogen (secondary N) is 1. The van der Waals surface area contributed by atoms with E-state index in [1.165, 1.54) is 12.0 Å². The minimum absolute atomic E-state index is 0.378. The summed E-state index contributed by atoms with van der Waals surface area (Å²) in [5.74, 6) is 0.922. The SMILES string of the molecule is COc1cccc(CCNC2=NCC(CC(C)(C)C)S2)c1. The molecule has 0 saturated heterocycles. The molecular formula is C17H26N2OS. The minimum atomic E-state index is 0.378. The van der Waals surface area contributed by atoms with E-state index < -0.39 is 0 Å². The van der Waals surface area contributed by atoms with Gasteiger partial charge in [-0.05, 0) is 36.0 Å². The van der Waals surface area contributed by atoms with E-state index in [1.807, 2.05) is 23.9 Å². The van der Waals surface area contributed by atoms with E-state index in [4.69, 9.17) is 4.74 Å². The quantitative estimate of drug-likeness (QED) is 0.900.